The molecule has 0 bridgehead atoms. The molecule has 0 N–H and O–H groups in total. The van der Waals surface area contributed by atoms with Crippen molar-refractivity contribution in [2.45, 2.75) is 19.9 Å². The summed E-state index contributed by atoms with van der Waals surface area (Å²) in [5, 5.41) is 0. The van der Waals surface area contributed by atoms with Crippen molar-refractivity contribution in [2.24, 2.45) is 0 Å². The Hall–Kier alpha value is -3.22. The Balaban J connectivity index is 1.58. The second-order valence-corrected chi connectivity index (χ2v) is 7.25. The van der Waals surface area contributed by atoms with Gasteiger partial charge in [0.15, 0.2) is 0 Å². The average Bonchev–Trinajstić information content (AvgIpc) is 2.98. The smallest absolute Gasteiger partial charge is 0.263 e. The highest BCUT2D eigenvalue weighted by Crippen LogP contribution is 2.33. The van der Waals surface area contributed by atoms with Crippen molar-refractivity contribution in [1.82, 2.24) is 9.80 Å². The van der Waals surface area contributed by atoms with E-state index in [1.165, 1.54) is 17.0 Å². The Labute approximate surface area is 168 Å². The maximum Gasteiger partial charge on any atom is 0.263 e. The molecule has 2 heterocycles. The third-order valence-corrected chi connectivity index (χ3v) is 5.48. The highest BCUT2D eigenvalue weighted by molar-refractivity contribution is 6.23. The average molecular weight is 395 g/mol. The van der Waals surface area contributed by atoms with Crippen LogP contribution >= 0.6 is 0 Å². The highest BCUT2D eigenvalue weighted by Gasteiger charge is 2.38. The largest absolute Gasteiger partial charge is 0.367 e. The van der Waals surface area contributed by atoms with Crippen LogP contribution in [0, 0.1) is 5.82 Å². The molecule has 7 heteroatoms. The van der Waals surface area contributed by atoms with Gasteiger partial charge in [-0.2, -0.15) is 0 Å². The number of halogens is 1. The maximum absolute atomic E-state index is 13.5. The lowest BCUT2D eigenvalue weighted by atomic mass is 10.1. The number of rotatable bonds is 4. The number of benzene rings is 2. The summed E-state index contributed by atoms with van der Waals surface area (Å²) in [4.78, 5) is 42.9. The fourth-order valence-electron chi connectivity index (χ4n) is 3.96. The number of carbonyl (C=O) groups is 3. The van der Waals surface area contributed by atoms with Crippen LogP contribution in [-0.4, -0.2) is 53.7 Å². The van der Waals surface area contributed by atoms with Crippen molar-refractivity contribution < 1.29 is 18.8 Å². The Bertz CT molecular complexity index is 983. The summed E-state index contributed by atoms with van der Waals surface area (Å²) >= 11 is 0. The summed E-state index contributed by atoms with van der Waals surface area (Å²) in [5.41, 5.74) is 2.04. The first-order valence-electron chi connectivity index (χ1n) is 9.76. The summed E-state index contributed by atoms with van der Waals surface area (Å²) < 4.78 is 13.5. The number of anilines is 1. The molecule has 2 aromatic carbocycles. The monoisotopic (exact) mass is 395 g/mol. The van der Waals surface area contributed by atoms with E-state index >= 15 is 0 Å². The fraction of sp³-hybridized carbons (Fsp3) is 0.318. The van der Waals surface area contributed by atoms with Gasteiger partial charge < -0.3 is 9.80 Å². The second kappa shape index (κ2) is 7.66. The summed E-state index contributed by atoms with van der Waals surface area (Å²) in [6.07, 6.45) is 0.475. The molecule has 2 aliphatic heterocycles. The molecule has 2 aromatic rings. The molecule has 29 heavy (non-hydrogen) atoms. The maximum atomic E-state index is 13.5. The first-order chi connectivity index (χ1) is 14.0. The van der Waals surface area contributed by atoms with Gasteiger partial charge in [0.2, 0.25) is 5.91 Å². The van der Waals surface area contributed by atoms with E-state index in [1.807, 2.05) is 17.9 Å². The predicted octanol–water partition coefficient (Wildman–Crippen LogP) is 2.68. The standard InChI is InChI=1S/C22H22FN3O3/c1-2-19(27)25-11-9-24(10-12-25)18-8-4-7-17-20(18)22(29)26(21(17)28)14-15-5-3-6-16(23)13-15/h3-8,13H,2,9-12,14H2,1H3. The quantitative estimate of drug-likeness (QED) is 0.747. The molecule has 0 spiro atoms. The summed E-state index contributed by atoms with van der Waals surface area (Å²) in [6, 6.07) is 11.2. The third-order valence-electron chi connectivity index (χ3n) is 5.48. The van der Waals surface area contributed by atoms with Gasteiger partial charge in [0.05, 0.1) is 23.4 Å². The van der Waals surface area contributed by atoms with Crippen molar-refractivity contribution in [3.8, 4) is 0 Å². The lowest BCUT2D eigenvalue weighted by molar-refractivity contribution is -0.131. The number of carbonyl (C=O) groups excluding carboxylic acids is 3. The van der Waals surface area contributed by atoms with Crippen LogP contribution in [0.1, 0.15) is 39.6 Å². The van der Waals surface area contributed by atoms with E-state index in [2.05, 4.69) is 4.90 Å². The molecule has 0 saturated carbocycles. The molecular formula is C22H22FN3O3. The molecule has 0 atom stereocenters. The molecule has 2 aliphatic rings. The molecular weight excluding hydrogens is 373 g/mol. The van der Waals surface area contributed by atoms with Crippen LogP contribution in [0.4, 0.5) is 10.1 Å². The van der Waals surface area contributed by atoms with Gasteiger partial charge in [-0.05, 0) is 29.8 Å². The zero-order valence-corrected chi connectivity index (χ0v) is 16.2. The summed E-state index contributed by atoms with van der Waals surface area (Å²) in [7, 11) is 0. The molecule has 0 unspecified atom stereocenters. The van der Waals surface area contributed by atoms with Crippen LogP contribution in [0.3, 0.4) is 0 Å². The number of piperazine rings is 1. The molecule has 6 nitrogen and oxygen atoms in total. The number of imide groups is 1. The first kappa shape index (κ1) is 19.1. The van der Waals surface area contributed by atoms with Gasteiger partial charge in [-0.15, -0.1) is 0 Å². The lowest BCUT2D eigenvalue weighted by Gasteiger charge is -2.36. The van der Waals surface area contributed by atoms with Crippen molar-refractivity contribution in [3.05, 3.63) is 65.0 Å². The predicted molar refractivity (Wildman–Crippen MR) is 106 cm³/mol. The summed E-state index contributed by atoms with van der Waals surface area (Å²) in [6.45, 7) is 4.26. The second-order valence-electron chi connectivity index (χ2n) is 7.25. The molecule has 4 rings (SSSR count). The Morgan fingerprint density at radius 3 is 2.41 bits per heavy atom. The van der Waals surface area contributed by atoms with Crippen molar-refractivity contribution in [1.29, 1.82) is 0 Å². The topological polar surface area (TPSA) is 60.9 Å². The third kappa shape index (κ3) is 3.48. The van der Waals surface area contributed by atoms with Gasteiger partial charge in [-0.1, -0.05) is 25.1 Å². The van der Waals surface area contributed by atoms with Gasteiger partial charge in [0.25, 0.3) is 11.8 Å². The van der Waals surface area contributed by atoms with Gasteiger partial charge in [-0.3, -0.25) is 19.3 Å². The Morgan fingerprint density at radius 2 is 1.72 bits per heavy atom. The Kier molecular flexibility index (Phi) is 5.05. The lowest BCUT2D eigenvalue weighted by Crippen LogP contribution is -2.49. The Morgan fingerprint density at radius 1 is 1.00 bits per heavy atom. The van der Waals surface area contributed by atoms with Gasteiger partial charge in [0.1, 0.15) is 5.82 Å². The van der Waals surface area contributed by atoms with E-state index in [-0.39, 0.29) is 24.3 Å². The number of hydrogen-bond donors (Lipinski definition) is 0. The van der Waals surface area contributed by atoms with Crippen LogP contribution in [0.2, 0.25) is 0 Å². The van der Waals surface area contributed by atoms with E-state index in [4.69, 9.17) is 0 Å². The zero-order chi connectivity index (χ0) is 20.5. The van der Waals surface area contributed by atoms with Crippen molar-refractivity contribution in [3.63, 3.8) is 0 Å². The molecule has 0 aliphatic carbocycles. The van der Waals surface area contributed by atoms with E-state index in [0.717, 1.165) is 0 Å². The minimum absolute atomic E-state index is 0.0301. The molecule has 3 amide bonds. The number of nitrogens with zero attached hydrogens (tertiary/aromatic N) is 3. The SMILES string of the molecule is CCC(=O)N1CCN(c2cccc3c2C(=O)N(Cc2cccc(F)c2)C3=O)CC1. The minimum Gasteiger partial charge on any atom is -0.367 e. The molecule has 0 aromatic heterocycles. The molecule has 1 fully saturated rings. The van der Waals surface area contributed by atoms with E-state index in [9.17, 15) is 18.8 Å². The van der Waals surface area contributed by atoms with Gasteiger partial charge in [-0.25, -0.2) is 4.39 Å². The normalized spacial score (nSPS) is 16.4. The molecule has 150 valence electrons. The molecule has 0 radical (unpaired) electrons. The minimum atomic E-state index is -0.403. The van der Waals surface area contributed by atoms with Gasteiger partial charge in [0, 0.05) is 32.6 Å². The van der Waals surface area contributed by atoms with Crippen molar-refractivity contribution in [2.75, 3.05) is 31.1 Å². The van der Waals surface area contributed by atoms with Gasteiger partial charge >= 0.3 is 0 Å². The summed E-state index contributed by atoms with van der Waals surface area (Å²) in [5.74, 6) is -1.01. The van der Waals surface area contributed by atoms with E-state index in [1.54, 1.807) is 24.3 Å². The zero-order valence-electron chi connectivity index (χ0n) is 16.2. The van der Waals surface area contributed by atoms with Crippen LogP contribution < -0.4 is 4.90 Å². The van der Waals surface area contributed by atoms with E-state index < -0.39 is 5.82 Å². The first-order valence-corrected chi connectivity index (χ1v) is 9.76. The van der Waals surface area contributed by atoms with Crippen LogP contribution in [0.5, 0.6) is 0 Å². The van der Waals surface area contributed by atoms with Crippen molar-refractivity contribution >= 4 is 23.4 Å². The van der Waals surface area contributed by atoms with Crippen LogP contribution in [-0.2, 0) is 11.3 Å². The van der Waals surface area contributed by atoms with E-state index in [0.29, 0.717) is 55.0 Å². The number of amides is 3. The van der Waals surface area contributed by atoms with Crippen LogP contribution in [0.15, 0.2) is 42.5 Å². The number of fused-ring (bicyclic) bond motifs is 1. The van der Waals surface area contributed by atoms with Crippen LogP contribution in [0.25, 0.3) is 0 Å². The number of hydrogen-bond acceptors (Lipinski definition) is 4. The highest BCUT2D eigenvalue weighted by atomic mass is 19.1. The molecule has 1 saturated heterocycles. The fourth-order valence-corrected chi connectivity index (χ4v) is 3.96.